The van der Waals surface area contributed by atoms with E-state index >= 15 is 0 Å². The molecule has 0 aliphatic heterocycles. The molecule has 1 aromatic rings. The summed E-state index contributed by atoms with van der Waals surface area (Å²) in [5.41, 5.74) is 0.462. The van der Waals surface area contributed by atoms with E-state index in [4.69, 9.17) is 14.2 Å². The Bertz CT molecular complexity index is 550. The summed E-state index contributed by atoms with van der Waals surface area (Å²) in [5.74, 6) is 0.183. The molecule has 0 saturated heterocycles. The van der Waals surface area contributed by atoms with E-state index in [1.54, 1.807) is 30.0 Å². The summed E-state index contributed by atoms with van der Waals surface area (Å²) in [7, 11) is 4.42. The number of hydrogen-bond donors (Lipinski definition) is 0. The molecule has 134 valence electrons. The fourth-order valence-corrected chi connectivity index (χ4v) is 2.35. The summed E-state index contributed by atoms with van der Waals surface area (Å²) in [6.07, 6.45) is 0.779. The lowest BCUT2D eigenvalue weighted by atomic mass is 10.1. The molecule has 2 unspecified atom stereocenters. The van der Waals surface area contributed by atoms with Crippen molar-refractivity contribution in [1.29, 1.82) is 0 Å². The lowest BCUT2D eigenvalue weighted by molar-refractivity contribution is -0.145. The van der Waals surface area contributed by atoms with Gasteiger partial charge in [0.25, 0.3) is 5.91 Å². The molecule has 0 radical (unpaired) electrons. The van der Waals surface area contributed by atoms with Crippen molar-refractivity contribution in [3.05, 3.63) is 23.8 Å². The minimum atomic E-state index is -0.402. The van der Waals surface area contributed by atoms with E-state index < -0.39 is 5.92 Å². The van der Waals surface area contributed by atoms with Crippen LogP contribution in [0.1, 0.15) is 37.6 Å². The van der Waals surface area contributed by atoms with Crippen LogP contribution in [-0.4, -0.2) is 50.7 Å². The Morgan fingerprint density at radius 1 is 1.04 bits per heavy atom. The zero-order valence-corrected chi connectivity index (χ0v) is 15.3. The average Bonchev–Trinajstić information content (AvgIpc) is 2.63. The van der Waals surface area contributed by atoms with Gasteiger partial charge in [0.2, 0.25) is 0 Å². The van der Waals surface area contributed by atoms with Gasteiger partial charge >= 0.3 is 5.97 Å². The van der Waals surface area contributed by atoms with Crippen molar-refractivity contribution in [3.63, 3.8) is 0 Å². The van der Waals surface area contributed by atoms with Gasteiger partial charge < -0.3 is 19.1 Å². The summed E-state index contributed by atoms with van der Waals surface area (Å²) in [6.45, 7) is 6.00. The van der Waals surface area contributed by atoms with E-state index in [-0.39, 0.29) is 17.9 Å². The third kappa shape index (κ3) is 4.88. The van der Waals surface area contributed by atoms with Gasteiger partial charge in [0.15, 0.2) is 0 Å². The van der Waals surface area contributed by atoms with E-state index in [1.165, 1.54) is 21.3 Å². The van der Waals surface area contributed by atoms with Crippen LogP contribution in [-0.2, 0) is 9.53 Å². The Kier molecular flexibility index (Phi) is 7.55. The summed E-state index contributed by atoms with van der Waals surface area (Å²) >= 11 is 0. The Morgan fingerprint density at radius 2 is 1.58 bits per heavy atom. The number of hydrogen-bond acceptors (Lipinski definition) is 5. The van der Waals surface area contributed by atoms with Crippen molar-refractivity contribution in [2.24, 2.45) is 5.92 Å². The fraction of sp³-hybridized carbons (Fsp3) is 0.556. The van der Waals surface area contributed by atoms with E-state index in [1.807, 2.05) is 13.8 Å². The highest BCUT2D eigenvalue weighted by molar-refractivity contribution is 5.95. The standard InChI is InChI=1S/C18H27NO5/c1-7-13(3)19(11-12(2)18(21)24-6)17(20)14-8-15(22-4)10-16(9-14)23-5/h8-10,12-13H,7,11H2,1-6H3. The maximum atomic E-state index is 13.0. The molecule has 6 nitrogen and oxygen atoms in total. The minimum Gasteiger partial charge on any atom is -0.497 e. The van der Waals surface area contributed by atoms with Gasteiger partial charge in [0.1, 0.15) is 11.5 Å². The molecule has 1 amide bonds. The maximum absolute atomic E-state index is 13.0. The molecule has 0 aliphatic rings. The number of carbonyl (C=O) groups excluding carboxylic acids is 2. The summed E-state index contributed by atoms with van der Waals surface area (Å²) < 4.78 is 15.2. The highest BCUT2D eigenvalue weighted by atomic mass is 16.5. The molecule has 0 N–H and O–H groups in total. The second kappa shape index (κ2) is 9.15. The Hall–Kier alpha value is -2.24. The number of rotatable bonds is 8. The quantitative estimate of drug-likeness (QED) is 0.683. The zero-order chi connectivity index (χ0) is 18.3. The molecular formula is C18H27NO5. The zero-order valence-electron chi connectivity index (χ0n) is 15.3. The SMILES string of the molecule is CCC(C)N(CC(C)C(=O)OC)C(=O)c1cc(OC)cc(OC)c1. The van der Waals surface area contributed by atoms with E-state index in [0.717, 1.165) is 6.42 Å². The maximum Gasteiger partial charge on any atom is 0.310 e. The van der Waals surface area contributed by atoms with Crippen molar-refractivity contribution in [2.45, 2.75) is 33.2 Å². The number of methoxy groups -OCH3 is 3. The van der Waals surface area contributed by atoms with Crippen molar-refractivity contribution < 1.29 is 23.8 Å². The largest absolute Gasteiger partial charge is 0.497 e. The summed E-state index contributed by atoms with van der Waals surface area (Å²) in [4.78, 5) is 26.4. The first-order valence-electron chi connectivity index (χ1n) is 7.99. The molecule has 24 heavy (non-hydrogen) atoms. The Morgan fingerprint density at radius 3 is 2.00 bits per heavy atom. The van der Waals surface area contributed by atoms with Gasteiger partial charge in [-0.2, -0.15) is 0 Å². The van der Waals surface area contributed by atoms with Crippen LogP contribution in [0.3, 0.4) is 0 Å². The number of ether oxygens (including phenoxy) is 3. The van der Waals surface area contributed by atoms with Crippen LogP contribution in [0.15, 0.2) is 18.2 Å². The van der Waals surface area contributed by atoms with Crippen LogP contribution >= 0.6 is 0 Å². The van der Waals surface area contributed by atoms with Crippen molar-refractivity contribution >= 4 is 11.9 Å². The molecule has 0 aliphatic carbocycles. The number of esters is 1. The van der Waals surface area contributed by atoms with E-state index in [2.05, 4.69) is 0 Å². The van der Waals surface area contributed by atoms with Gasteiger partial charge in [-0.3, -0.25) is 9.59 Å². The predicted molar refractivity (Wildman–Crippen MR) is 91.5 cm³/mol. The first kappa shape index (κ1) is 19.8. The van der Waals surface area contributed by atoms with Crippen LogP contribution in [0.4, 0.5) is 0 Å². The molecule has 0 spiro atoms. The highest BCUT2D eigenvalue weighted by Crippen LogP contribution is 2.24. The van der Waals surface area contributed by atoms with Gasteiger partial charge in [0, 0.05) is 24.2 Å². The second-order valence-corrected chi connectivity index (χ2v) is 5.74. The molecule has 0 saturated carbocycles. The number of carbonyl (C=O) groups is 2. The molecule has 0 bridgehead atoms. The van der Waals surface area contributed by atoms with Crippen LogP contribution in [0.25, 0.3) is 0 Å². The topological polar surface area (TPSA) is 65.1 Å². The third-order valence-electron chi connectivity index (χ3n) is 4.06. The molecule has 1 rings (SSSR count). The van der Waals surface area contributed by atoms with Crippen molar-refractivity contribution in [2.75, 3.05) is 27.9 Å². The molecule has 0 fully saturated rings. The predicted octanol–water partition coefficient (Wildman–Crippen LogP) is 2.75. The smallest absolute Gasteiger partial charge is 0.310 e. The van der Waals surface area contributed by atoms with Gasteiger partial charge in [-0.25, -0.2) is 0 Å². The molecule has 2 atom stereocenters. The van der Waals surface area contributed by atoms with Gasteiger partial charge in [0.05, 0.1) is 27.2 Å². The number of benzene rings is 1. The lowest BCUT2D eigenvalue weighted by Crippen LogP contribution is -2.42. The fourth-order valence-electron chi connectivity index (χ4n) is 2.35. The van der Waals surface area contributed by atoms with Crippen LogP contribution in [0, 0.1) is 5.92 Å². The first-order chi connectivity index (χ1) is 11.4. The normalized spacial score (nSPS) is 12.9. The summed E-state index contributed by atoms with van der Waals surface area (Å²) in [6, 6.07) is 5.04. The number of nitrogens with zero attached hydrogens (tertiary/aromatic N) is 1. The van der Waals surface area contributed by atoms with Crippen LogP contribution < -0.4 is 9.47 Å². The van der Waals surface area contributed by atoms with Gasteiger partial charge in [-0.1, -0.05) is 13.8 Å². The molecule has 0 aromatic heterocycles. The van der Waals surface area contributed by atoms with Crippen LogP contribution in [0.2, 0.25) is 0 Å². The Labute approximate surface area is 143 Å². The van der Waals surface area contributed by atoms with Crippen molar-refractivity contribution in [1.82, 2.24) is 4.90 Å². The lowest BCUT2D eigenvalue weighted by Gasteiger charge is -2.30. The molecule has 6 heteroatoms. The van der Waals surface area contributed by atoms with Crippen LogP contribution in [0.5, 0.6) is 11.5 Å². The third-order valence-corrected chi connectivity index (χ3v) is 4.06. The minimum absolute atomic E-state index is 0.0122. The monoisotopic (exact) mass is 337 g/mol. The van der Waals surface area contributed by atoms with Crippen molar-refractivity contribution in [3.8, 4) is 11.5 Å². The first-order valence-corrected chi connectivity index (χ1v) is 7.99. The van der Waals surface area contributed by atoms with Gasteiger partial charge in [-0.05, 0) is 25.5 Å². The molecule has 0 heterocycles. The number of amides is 1. The van der Waals surface area contributed by atoms with Gasteiger partial charge in [-0.15, -0.1) is 0 Å². The average molecular weight is 337 g/mol. The Balaban J connectivity index is 3.14. The van der Waals surface area contributed by atoms with E-state index in [0.29, 0.717) is 23.6 Å². The molecule has 1 aromatic carbocycles. The summed E-state index contributed by atoms with van der Waals surface area (Å²) in [5, 5.41) is 0. The molecular weight excluding hydrogens is 310 g/mol. The second-order valence-electron chi connectivity index (χ2n) is 5.74. The highest BCUT2D eigenvalue weighted by Gasteiger charge is 2.26. The van der Waals surface area contributed by atoms with E-state index in [9.17, 15) is 9.59 Å².